The summed E-state index contributed by atoms with van der Waals surface area (Å²) in [5.41, 5.74) is 3.42. The van der Waals surface area contributed by atoms with Gasteiger partial charge in [0.2, 0.25) is 0 Å². The Hall–Kier alpha value is -2.07. The molecule has 0 saturated heterocycles. The first kappa shape index (κ1) is 14.3. The quantitative estimate of drug-likeness (QED) is 0.895. The fourth-order valence-electron chi connectivity index (χ4n) is 2.19. The summed E-state index contributed by atoms with van der Waals surface area (Å²) in [6.07, 6.45) is 1.16. The van der Waals surface area contributed by atoms with Gasteiger partial charge in [-0.1, -0.05) is 17.7 Å². The number of benzene rings is 1. The number of aliphatic hydroxyl groups is 1. The molecule has 0 spiro atoms. The van der Waals surface area contributed by atoms with E-state index in [-0.39, 0.29) is 12.5 Å². The summed E-state index contributed by atoms with van der Waals surface area (Å²) in [5, 5.41) is 12.9. The molecule has 2 rings (SSSR count). The van der Waals surface area contributed by atoms with Gasteiger partial charge in [0.15, 0.2) is 0 Å². The number of carbonyl (C=O) groups excluding carboxylic acids is 1. The number of aliphatic hydroxyl groups excluding tert-OH is 1. The van der Waals surface area contributed by atoms with Crippen molar-refractivity contribution < 1.29 is 9.90 Å². The van der Waals surface area contributed by atoms with Crippen LogP contribution >= 0.6 is 0 Å². The van der Waals surface area contributed by atoms with Gasteiger partial charge in [-0.05, 0) is 37.6 Å². The van der Waals surface area contributed by atoms with Gasteiger partial charge in [0, 0.05) is 31.0 Å². The number of carbonyl (C=O) groups is 1. The van der Waals surface area contributed by atoms with E-state index >= 15 is 0 Å². The summed E-state index contributed by atoms with van der Waals surface area (Å²) >= 11 is 0. The van der Waals surface area contributed by atoms with Crippen LogP contribution in [0.4, 0.5) is 0 Å². The van der Waals surface area contributed by atoms with Gasteiger partial charge in [-0.2, -0.15) is 0 Å². The molecular formula is C16H20N2O2. The third-order valence-corrected chi connectivity index (χ3v) is 3.42. The Labute approximate surface area is 119 Å². The van der Waals surface area contributed by atoms with E-state index in [0.717, 1.165) is 16.8 Å². The van der Waals surface area contributed by atoms with Gasteiger partial charge < -0.3 is 15.0 Å². The summed E-state index contributed by atoms with van der Waals surface area (Å²) in [6.45, 7) is 4.06. The Balaban J connectivity index is 2.02. The standard InChI is InChI=1S/C16H20N2O2/c1-11-6-7-12(2)13(9-11)16(20)17-10-15(19)14-5-4-8-18(14)3/h4-9,15,19H,10H2,1-3H3,(H,17,20). The Morgan fingerprint density at radius 3 is 2.75 bits per heavy atom. The molecular weight excluding hydrogens is 252 g/mol. The zero-order chi connectivity index (χ0) is 14.7. The first-order chi connectivity index (χ1) is 9.49. The predicted molar refractivity (Wildman–Crippen MR) is 78.6 cm³/mol. The lowest BCUT2D eigenvalue weighted by atomic mass is 10.1. The molecule has 0 aliphatic carbocycles. The number of amides is 1. The van der Waals surface area contributed by atoms with Crippen LogP contribution in [0.5, 0.6) is 0 Å². The van der Waals surface area contributed by atoms with Gasteiger partial charge in [-0.25, -0.2) is 0 Å². The van der Waals surface area contributed by atoms with Crippen LogP contribution in [-0.2, 0) is 7.05 Å². The van der Waals surface area contributed by atoms with E-state index in [0.29, 0.717) is 5.56 Å². The van der Waals surface area contributed by atoms with E-state index in [1.165, 1.54) is 0 Å². The molecule has 1 aromatic heterocycles. The highest BCUT2D eigenvalue weighted by molar-refractivity contribution is 5.95. The SMILES string of the molecule is Cc1ccc(C)c(C(=O)NCC(O)c2cccn2C)c1. The fraction of sp³-hybridized carbons (Fsp3) is 0.312. The zero-order valence-corrected chi connectivity index (χ0v) is 12.1. The van der Waals surface area contributed by atoms with Crippen LogP contribution in [0, 0.1) is 13.8 Å². The highest BCUT2D eigenvalue weighted by atomic mass is 16.3. The van der Waals surface area contributed by atoms with Crippen LogP contribution in [0.15, 0.2) is 36.5 Å². The minimum Gasteiger partial charge on any atom is -0.385 e. The van der Waals surface area contributed by atoms with Crippen molar-refractivity contribution in [2.45, 2.75) is 20.0 Å². The molecule has 1 heterocycles. The van der Waals surface area contributed by atoms with Crippen molar-refractivity contribution in [3.63, 3.8) is 0 Å². The highest BCUT2D eigenvalue weighted by Crippen LogP contribution is 2.13. The lowest BCUT2D eigenvalue weighted by Gasteiger charge is -2.14. The largest absolute Gasteiger partial charge is 0.385 e. The molecule has 4 heteroatoms. The molecule has 1 atom stereocenters. The first-order valence-electron chi connectivity index (χ1n) is 6.64. The van der Waals surface area contributed by atoms with Crippen molar-refractivity contribution in [3.8, 4) is 0 Å². The highest BCUT2D eigenvalue weighted by Gasteiger charge is 2.14. The Morgan fingerprint density at radius 1 is 1.35 bits per heavy atom. The fourth-order valence-corrected chi connectivity index (χ4v) is 2.19. The average Bonchev–Trinajstić information content (AvgIpc) is 2.84. The van der Waals surface area contributed by atoms with Crippen LogP contribution < -0.4 is 5.32 Å². The molecule has 0 fully saturated rings. The van der Waals surface area contributed by atoms with E-state index in [1.54, 1.807) is 0 Å². The molecule has 0 saturated carbocycles. The maximum atomic E-state index is 12.1. The van der Waals surface area contributed by atoms with Crippen molar-refractivity contribution in [3.05, 3.63) is 58.9 Å². The van der Waals surface area contributed by atoms with Crippen molar-refractivity contribution in [1.82, 2.24) is 9.88 Å². The Kier molecular flexibility index (Phi) is 4.25. The van der Waals surface area contributed by atoms with E-state index in [2.05, 4.69) is 5.32 Å². The van der Waals surface area contributed by atoms with Gasteiger partial charge in [0.05, 0.1) is 0 Å². The Bertz CT molecular complexity index is 617. The van der Waals surface area contributed by atoms with Crippen molar-refractivity contribution >= 4 is 5.91 Å². The third-order valence-electron chi connectivity index (χ3n) is 3.42. The molecule has 0 radical (unpaired) electrons. The predicted octanol–water partition coefficient (Wildman–Crippen LogP) is 2.11. The minimum absolute atomic E-state index is 0.153. The van der Waals surface area contributed by atoms with Crippen molar-refractivity contribution in [2.24, 2.45) is 7.05 Å². The molecule has 1 aromatic carbocycles. The summed E-state index contributed by atoms with van der Waals surface area (Å²) < 4.78 is 1.84. The number of aryl methyl sites for hydroxylation is 3. The van der Waals surface area contributed by atoms with E-state index in [9.17, 15) is 9.90 Å². The van der Waals surface area contributed by atoms with Crippen LogP contribution in [0.3, 0.4) is 0 Å². The maximum absolute atomic E-state index is 12.1. The molecule has 2 aromatic rings. The summed E-state index contributed by atoms with van der Waals surface area (Å²) in [7, 11) is 1.87. The van der Waals surface area contributed by atoms with Crippen molar-refractivity contribution in [2.75, 3.05) is 6.54 Å². The molecule has 1 unspecified atom stereocenters. The molecule has 106 valence electrons. The maximum Gasteiger partial charge on any atom is 0.251 e. The van der Waals surface area contributed by atoms with E-state index in [1.807, 2.05) is 62.0 Å². The number of aromatic nitrogens is 1. The van der Waals surface area contributed by atoms with Crippen LogP contribution in [-0.4, -0.2) is 22.1 Å². The molecule has 20 heavy (non-hydrogen) atoms. The van der Waals surface area contributed by atoms with Gasteiger partial charge in [-0.15, -0.1) is 0 Å². The molecule has 2 N–H and O–H groups in total. The average molecular weight is 272 g/mol. The van der Waals surface area contributed by atoms with Gasteiger partial charge in [-0.3, -0.25) is 4.79 Å². The topological polar surface area (TPSA) is 54.3 Å². The number of hydrogen-bond acceptors (Lipinski definition) is 2. The third kappa shape index (κ3) is 3.08. The molecule has 0 aliphatic heterocycles. The van der Waals surface area contributed by atoms with E-state index < -0.39 is 6.10 Å². The molecule has 0 bridgehead atoms. The van der Waals surface area contributed by atoms with Crippen molar-refractivity contribution in [1.29, 1.82) is 0 Å². The number of nitrogens with one attached hydrogen (secondary N) is 1. The molecule has 4 nitrogen and oxygen atoms in total. The minimum atomic E-state index is -0.705. The number of rotatable bonds is 4. The zero-order valence-electron chi connectivity index (χ0n) is 12.1. The van der Waals surface area contributed by atoms with Crippen LogP contribution in [0.25, 0.3) is 0 Å². The summed E-state index contributed by atoms with van der Waals surface area (Å²) in [5.74, 6) is -0.153. The Morgan fingerprint density at radius 2 is 2.10 bits per heavy atom. The van der Waals surface area contributed by atoms with Gasteiger partial charge in [0.25, 0.3) is 5.91 Å². The second-order valence-corrected chi connectivity index (χ2v) is 5.09. The smallest absolute Gasteiger partial charge is 0.251 e. The van der Waals surface area contributed by atoms with Crippen LogP contribution in [0.1, 0.15) is 33.3 Å². The van der Waals surface area contributed by atoms with Gasteiger partial charge in [0.1, 0.15) is 6.10 Å². The van der Waals surface area contributed by atoms with E-state index in [4.69, 9.17) is 0 Å². The normalized spacial score (nSPS) is 12.2. The van der Waals surface area contributed by atoms with Crippen LogP contribution in [0.2, 0.25) is 0 Å². The first-order valence-corrected chi connectivity index (χ1v) is 6.64. The lowest BCUT2D eigenvalue weighted by Crippen LogP contribution is -2.29. The lowest BCUT2D eigenvalue weighted by molar-refractivity contribution is 0.0911. The number of hydrogen-bond donors (Lipinski definition) is 2. The van der Waals surface area contributed by atoms with Gasteiger partial charge >= 0.3 is 0 Å². The second kappa shape index (κ2) is 5.92. The summed E-state index contributed by atoms with van der Waals surface area (Å²) in [6, 6.07) is 9.47. The monoisotopic (exact) mass is 272 g/mol. The summed E-state index contributed by atoms with van der Waals surface area (Å²) in [4.78, 5) is 12.1. The second-order valence-electron chi connectivity index (χ2n) is 5.09. The number of nitrogens with zero attached hydrogens (tertiary/aromatic N) is 1. The molecule has 0 aliphatic rings. The molecule has 1 amide bonds.